The topological polar surface area (TPSA) is 35.8 Å². The molecule has 0 bridgehead atoms. The summed E-state index contributed by atoms with van der Waals surface area (Å²) in [6.07, 6.45) is 0. The average molecular weight is 256 g/mol. The molecule has 1 unspecified atom stereocenters. The zero-order chi connectivity index (χ0) is 13.0. The first kappa shape index (κ1) is 12.8. The van der Waals surface area contributed by atoms with Gasteiger partial charge in [-0.15, -0.1) is 11.3 Å². The van der Waals surface area contributed by atoms with E-state index in [2.05, 4.69) is 37.4 Å². The Morgan fingerprint density at radius 3 is 2.83 bits per heavy atom. The first-order chi connectivity index (χ1) is 8.69. The number of hydrogen-bond donors (Lipinski definition) is 1. The lowest BCUT2D eigenvalue weighted by molar-refractivity contribution is 0.583. The van der Waals surface area contributed by atoms with Crippen LogP contribution in [0.1, 0.15) is 33.8 Å². The fourth-order valence-corrected chi connectivity index (χ4v) is 2.71. The van der Waals surface area contributed by atoms with Gasteiger partial charge in [-0.1, -0.05) is 12.1 Å². The van der Waals surface area contributed by atoms with E-state index in [1.54, 1.807) is 0 Å². The number of benzene rings is 1. The molecule has 2 nitrogen and oxygen atoms in total. The molecule has 0 spiro atoms. The summed E-state index contributed by atoms with van der Waals surface area (Å²) in [6, 6.07) is 14.6. The number of aryl methyl sites for hydroxylation is 1. The Morgan fingerprint density at radius 2 is 2.17 bits per heavy atom. The van der Waals surface area contributed by atoms with Gasteiger partial charge in [0.1, 0.15) is 0 Å². The third kappa shape index (κ3) is 3.19. The van der Waals surface area contributed by atoms with Gasteiger partial charge >= 0.3 is 0 Å². The molecule has 0 amide bonds. The largest absolute Gasteiger partial charge is 0.305 e. The van der Waals surface area contributed by atoms with Crippen molar-refractivity contribution < 1.29 is 0 Å². The summed E-state index contributed by atoms with van der Waals surface area (Å²) in [5.74, 6) is 0. The summed E-state index contributed by atoms with van der Waals surface area (Å²) in [5.41, 5.74) is 1.86. The molecule has 0 fully saturated rings. The van der Waals surface area contributed by atoms with E-state index in [1.165, 1.54) is 9.75 Å². The van der Waals surface area contributed by atoms with E-state index in [9.17, 15) is 0 Å². The van der Waals surface area contributed by atoms with Crippen molar-refractivity contribution in [2.75, 3.05) is 0 Å². The van der Waals surface area contributed by atoms with E-state index in [1.807, 2.05) is 35.6 Å². The summed E-state index contributed by atoms with van der Waals surface area (Å²) >= 11 is 1.82. The first-order valence-electron chi connectivity index (χ1n) is 5.98. The van der Waals surface area contributed by atoms with Crippen LogP contribution in [0.2, 0.25) is 0 Å². The minimum Gasteiger partial charge on any atom is -0.305 e. The number of thiophene rings is 1. The highest BCUT2D eigenvalue weighted by molar-refractivity contribution is 7.12. The number of hydrogen-bond acceptors (Lipinski definition) is 3. The molecule has 18 heavy (non-hydrogen) atoms. The standard InChI is InChI=1S/C15H16N2S/c1-11-6-7-15(18-11)12(2)17-10-14-5-3-4-13(8-14)9-16/h3-8,12,17H,10H2,1-2H3. The van der Waals surface area contributed by atoms with Crippen LogP contribution in [0.15, 0.2) is 36.4 Å². The Balaban J connectivity index is 1.97. The van der Waals surface area contributed by atoms with E-state index < -0.39 is 0 Å². The second kappa shape index (κ2) is 5.81. The molecular formula is C15H16N2S. The van der Waals surface area contributed by atoms with Crippen LogP contribution in [0, 0.1) is 18.3 Å². The molecule has 0 saturated heterocycles. The molecule has 3 heteroatoms. The molecule has 0 aliphatic carbocycles. The minimum absolute atomic E-state index is 0.342. The number of nitriles is 1. The summed E-state index contributed by atoms with van der Waals surface area (Å²) in [6.45, 7) is 5.07. The van der Waals surface area contributed by atoms with Crippen molar-refractivity contribution in [2.45, 2.75) is 26.4 Å². The van der Waals surface area contributed by atoms with Crippen LogP contribution in [0.4, 0.5) is 0 Å². The van der Waals surface area contributed by atoms with E-state index in [-0.39, 0.29) is 0 Å². The average Bonchev–Trinajstić information content (AvgIpc) is 2.83. The van der Waals surface area contributed by atoms with Gasteiger partial charge in [0, 0.05) is 22.3 Å². The lowest BCUT2D eigenvalue weighted by Gasteiger charge is -2.12. The van der Waals surface area contributed by atoms with E-state index >= 15 is 0 Å². The number of rotatable bonds is 4. The maximum Gasteiger partial charge on any atom is 0.0991 e. The summed E-state index contributed by atoms with van der Waals surface area (Å²) < 4.78 is 0. The van der Waals surface area contributed by atoms with Crippen molar-refractivity contribution in [1.82, 2.24) is 5.32 Å². The van der Waals surface area contributed by atoms with Crippen LogP contribution < -0.4 is 5.32 Å². The molecule has 1 aromatic heterocycles. The predicted octanol–water partition coefficient (Wildman–Crippen LogP) is 3.78. The smallest absolute Gasteiger partial charge is 0.0991 e. The fraction of sp³-hybridized carbons (Fsp3) is 0.267. The normalized spacial score (nSPS) is 12.1. The third-order valence-corrected chi connectivity index (χ3v) is 4.04. The lowest BCUT2D eigenvalue weighted by Crippen LogP contribution is -2.17. The number of nitrogens with one attached hydrogen (secondary N) is 1. The molecule has 2 rings (SSSR count). The molecule has 0 aliphatic rings. The Labute approximate surface area is 112 Å². The molecule has 0 radical (unpaired) electrons. The first-order valence-corrected chi connectivity index (χ1v) is 6.79. The predicted molar refractivity (Wildman–Crippen MR) is 75.5 cm³/mol. The Bertz CT molecular complexity index is 566. The van der Waals surface area contributed by atoms with Crippen molar-refractivity contribution in [2.24, 2.45) is 0 Å². The van der Waals surface area contributed by atoms with Gasteiger partial charge in [0.2, 0.25) is 0 Å². The SMILES string of the molecule is Cc1ccc(C(C)NCc2cccc(C#N)c2)s1. The Kier molecular flexibility index (Phi) is 4.14. The van der Waals surface area contributed by atoms with Gasteiger partial charge in [0.05, 0.1) is 11.6 Å². The van der Waals surface area contributed by atoms with E-state index in [4.69, 9.17) is 5.26 Å². The monoisotopic (exact) mass is 256 g/mol. The van der Waals surface area contributed by atoms with Crippen molar-refractivity contribution in [3.05, 3.63) is 57.3 Å². The van der Waals surface area contributed by atoms with Gasteiger partial charge in [-0.3, -0.25) is 0 Å². The molecule has 1 aromatic carbocycles. The quantitative estimate of drug-likeness (QED) is 0.903. The molecule has 1 N–H and O–H groups in total. The minimum atomic E-state index is 0.342. The number of nitrogens with zero attached hydrogens (tertiary/aromatic N) is 1. The van der Waals surface area contributed by atoms with Crippen LogP contribution in [0.3, 0.4) is 0 Å². The highest BCUT2D eigenvalue weighted by Gasteiger charge is 2.06. The zero-order valence-electron chi connectivity index (χ0n) is 10.6. The highest BCUT2D eigenvalue weighted by Crippen LogP contribution is 2.22. The molecule has 2 aromatic rings. The van der Waals surface area contributed by atoms with Crippen LogP contribution in [0.25, 0.3) is 0 Å². The summed E-state index contributed by atoms with van der Waals surface area (Å²) in [5, 5.41) is 12.3. The van der Waals surface area contributed by atoms with Gasteiger partial charge in [0.15, 0.2) is 0 Å². The maximum absolute atomic E-state index is 8.85. The maximum atomic E-state index is 8.85. The molecular weight excluding hydrogens is 240 g/mol. The lowest BCUT2D eigenvalue weighted by atomic mass is 10.1. The van der Waals surface area contributed by atoms with Crippen LogP contribution >= 0.6 is 11.3 Å². The Hall–Kier alpha value is -1.63. The second-order valence-electron chi connectivity index (χ2n) is 4.36. The fourth-order valence-electron chi connectivity index (χ4n) is 1.81. The van der Waals surface area contributed by atoms with Gasteiger partial charge in [-0.05, 0) is 43.7 Å². The van der Waals surface area contributed by atoms with E-state index in [0.717, 1.165) is 12.1 Å². The Morgan fingerprint density at radius 1 is 1.33 bits per heavy atom. The highest BCUT2D eigenvalue weighted by atomic mass is 32.1. The zero-order valence-corrected chi connectivity index (χ0v) is 11.4. The van der Waals surface area contributed by atoms with Crippen LogP contribution in [-0.2, 0) is 6.54 Å². The third-order valence-electron chi connectivity index (χ3n) is 2.86. The van der Waals surface area contributed by atoms with Crippen molar-refractivity contribution in [1.29, 1.82) is 5.26 Å². The van der Waals surface area contributed by atoms with Crippen LogP contribution in [-0.4, -0.2) is 0 Å². The molecule has 0 saturated carbocycles. The van der Waals surface area contributed by atoms with Gasteiger partial charge in [-0.2, -0.15) is 5.26 Å². The van der Waals surface area contributed by atoms with Crippen molar-refractivity contribution >= 4 is 11.3 Å². The van der Waals surface area contributed by atoms with Crippen LogP contribution in [0.5, 0.6) is 0 Å². The van der Waals surface area contributed by atoms with Crippen molar-refractivity contribution in [3.8, 4) is 6.07 Å². The van der Waals surface area contributed by atoms with Gasteiger partial charge in [0.25, 0.3) is 0 Å². The van der Waals surface area contributed by atoms with E-state index in [0.29, 0.717) is 11.6 Å². The molecule has 1 atom stereocenters. The summed E-state index contributed by atoms with van der Waals surface area (Å²) in [4.78, 5) is 2.69. The molecule has 0 aliphatic heterocycles. The second-order valence-corrected chi connectivity index (χ2v) is 5.68. The summed E-state index contributed by atoms with van der Waals surface area (Å²) in [7, 11) is 0. The van der Waals surface area contributed by atoms with Crippen molar-refractivity contribution in [3.63, 3.8) is 0 Å². The molecule has 92 valence electrons. The van der Waals surface area contributed by atoms with Gasteiger partial charge < -0.3 is 5.32 Å². The molecule has 1 heterocycles. The van der Waals surface area contributed by atoms with Gasteiger partial charge in [-0.25, -0.2) is 0 Å².